The van der Waals surface area contributed by atoms with Gasteiger partial charge in [-0.2, -0.15) is 0 Å². The molecule has 1 saturated heterocycles. The standard InChI is InChI=1S/C16H23N3O2/c1-17-16(21)19-11-5-10-18(12-13-19)15(20)9-8-14-6-3-2-4-7-14/h2-4,6-7H,5,8-13H2,1H3,(H,17,21). The molecule has 0 bridgehead atoms. The fraction of sp³-hybridized carbons (Fsp3) is 0.500. The van der Waals surface area contributed by atoms with Gasteiger partial charge < -0.3 is 15.1 Å². The van der Waals surface area contributed by atoms with E-state index in [1.54, 1.807) is 11.9 Å². The third-order valence-electron chi connectivity index (χ3n) is 3.82. The van der Waals surface area contributed by atoms with Gasteiger partial charge >= 0.3 is 6.03 Å². The molecule has 0 spiro atoms. The van der Waals surface area contributed by atoms with Crippen LogP contribution in [0, 0.1) is 0 Å². The number of hydrogen-bond donors (Lipinski definition) is 1. The summed E-state index contributed by atoms with van der Waals surface area (Å²) in [4.78, 5) is 27.5. The van der Waals surface area contributed by atoms with E-state index in [0.29, 0.717) is 26.1 Å². The Bertz CT molecular complexity index is 476. The van der Waals surface area contributed by atoms with Crippen LogP contribution in [0.3, 0.4) is 0 Å². The second-order valence-electron chi connectivity index (χ2n) is 5.26. The molecule has 5 heteroatoms. The lowest BCUT2D eigenvalue weighted by Crippen LogP contribution is -2.41. The molecule has 0 saturated carbocycles. The van der Waals surface area contributed by atoms with E-state index >= 15 is 0 Å². The van der Waals surface area contributed by atoms with Gasteiger partial charge in [0, 0.05) is 39.6 Å². The highest BCUT2D eigenvalue weighted by atomic mass is 16.2. The zero-order valence-corrected chi connectivity index (χ0v) is 12.5. The maximum atomic E-state index is 12.3. The third kappa shape index (κ3) is 4.48. The first-order valence-electron chi connectivity index (χ1n) is 7.49. The SMILES string of the molecule is CNC(=O)N1CCCN(C(=O)CCc2ccccc2)CC1. The maximum absolute atomic E-state index is 12.3. The second-order valence-corrected chi connectivity index (χ2v) is 5.26. The molecule has 0 radical (unpaired) electrons. The Labute approximate surface area is 125 Å². The summed E-state index contributed by atoms with van der Waals surface area (Å²) in [5.74, 6) is 0.178. The summed E-state index contributed by atoms with van der Waals surface area (Å²) in [6.07, 6.45) is 2.14. The van der Waals surface area contributed by atoms with Gasteiger partial charge in [0.2, 0.25) is 5.91 Å². The molecule has 2 rings (SSSR count). The van der Waals surface area contributed by atoms with Crippen molar-refractivity contribution in [3.05, 3.63) is 35.9 Å². The summed E-state index contributed by atoms with van der Waals surface area (Å²) in [7, 11) is 1.63. The van der Waals surface area contributed by atoms with E-state index < -0.39 is 0 Å². The van der Waals surface area contributed by atoms with Crippen LogP contribution in [0.5, 0.6) is 0 Å². The molecule has 3 amide bonds. The smallest absolute Gasteiger partial charge is 0.317 e. The van der Waals surface area contributed by atoms with E-state index in [0.717, 1.165) is 19.4 Å². The molecule has 5 nitrogen and oxygen atoms in total. The second kappa shape index (κ2) is 7.67. The van der Waals surface area contributed by atoms with E-state index in [2.05, 4.69) is 5.32 Å². The van der Waals surface area contributed by atoms with Crippen LogP contribution in [0.15, 0.2) is 30.3 Å². The summed E-state index contributed by atoms with van der Waals surface area (Å²) in [6, 6.07) is 9.99. The predicted octanol–water partition coefficient (Wildman–Crippen LogP) is 1.49. The van der Waals surface area contributed by atoms with Crippen molar-refractivity contribution in [1.29, 1.82) is 0 Å². The van der Waals surface area contributed by atoms with Crippen molar-refractivity contribution in [2.45, 2.75) is 19.3 Å². The molecule has 0 unspecified atom stereocenters. The molecule has 0 aliphatic carbocycles. The van der Waals surface area contributed by atoms with Crippen molar-refractivity contribution < 1.29 is 9.59 Å². The van der Waals surface area contributed by atoms with Crippen molar-refractivity contribution in [2.75, 3.05) is 33.2 Å². The molecule has 0 atom stereocenters. The maximum Gasteiger partial charge on any atom is 0.317 e. The minimum atomic E-state index is -0.0615. The molecule has 1 aliphatic heterocycles. The molecular weight excluding hydrogens is 266 g/mol. The first kappa shape index (κ1) is 15.4. The van der Waals surface area contributed by atoms with Crippen LogP contribution in [-0.4, -0.2) is 55.0 Å². The van der Waals surface area contributed by atoms with Crippen LogP contribution >= 0.6 is 0 Å². The average Bonchev–Trinajstić information content (AvgIpc) is 2.79. The molecule has 1 aliphatic rings. The molecule has 1 aromatic rings. The van der Waals surface area contributed by atoms with Crippen LogP contribution in [0.25, 0.3) is 0 Å². The number of aryl methyl sites for hydroxylation is 1. The van der Waals surface area contributed by atoms with E-state index in [9.17, 15) is 9.59 Å². The highest BCUT2D eigenvalue weighted by molar-refractivity contribution is 5.77. The molecular formula is C16H23N3O2. The average molecular weight is 289 g/mol. The quantitative estimate of drug-likeness (QED) is 0.916. The Kier molecular flexibility index (Phi) is 5.60. The predicted molar refractivity (Wildman–Crippen MR) is 82.0 cm³/mol. The van der Waals surface area contributed by atoms with Crippen molar-refractivity contribution in [1.82, 2.24) is 15.1 Å². The molecule has 21 heavy (non-hydrogen) atoms. The number of rotatable bonds is 3. The zero-order valence-electron chi connectivity index (χ0n) is 12.5. The van der Waals surface area contributed by atoms with Gasteiger partial charge in [0.1, 0.15) is 0 Å². The first-order valence-corrected chi connectivity index (χ1v) is 7.49. The van der Waals surface area contributed by atoms with Crippen molar-refractivity contribution in [2.24, 2.45) is 0 Å². The largest absolute Gasteiger partial charge is 0.341 e. The zero-order chi connectivity index (χ0) is 15.1. The Morgan fingerprint density at radius 1 is 1.05 bits per heavy atom. The lowest BCUT2D eigenvalue weighted by molar-refractivity contribution is -0.131. The highest BCUT2D eigenvalue weighted by Gasteiger charge is 2.21. The topological polar surface area (TPSA) is 52.7 Å². The minimum absolute atomic E-state index is 0.0615. The number of nitrogens with one attached hydrogen (secondary N) is 1. The molecule has 1 fully saturated rings. The van der Waals surface area contributed by atoms with Crippen LogP contribution in [0.2, 0.25) is 0 Å². The van der Waals surface area contributed by atoms with Crippen LogP contribution in [-0.2, 0) is 11.2 Å². The summed E-state index contributed by atoms with van der Waals surface area (Å²) in [5, 5.41) is 2.64. The van der Waals surface area contributed by atoms with Gasteiger partial charge in [0.05, 0.1) is 0 Å². The Hall–Kier alpha value is -2.04. The Morgan fingerprint density at radius 3 is 2.43 bits per heavy atom. The summed E-state index contributed by atoms with van der Waals surface area (Å²) in [5.41, 5.74) is 1.19. The number of carbonyl (C=O) groups excluding carboxylic acids is 2. The number of hydrogen-bond acceptors (Lipinski definition) is 2. The van der Waals surface area contributed by atoms with Gasteiger partial charge in [-0.15, -0.1) is 0 Å². The van der Waals surface area contributed by atoms with E-state index in [1.807, 2.05) is 35.2 Å². The fourth-order valence-electron chi connectivity index (χ4n) is 2.58. The highest BCUT2D eigenvalue weighted by Crippen LogP contribution is 2.08. The van der Waals surface area contributed by atoms with Gasteiger partial charge in [-0.1, -0.05) is 30.3 Å². The Morgan fingerprint density at radius 2 is 1.71 bits per heavy atom. The molecule has 0 aromatic heterocycles. The molecule has 1 N–H and O–H groups in total. The lowest BCUT2D eigenvalue weighted by atomic mass is 10.1. The van der Waals surface area contributed by atoms with Crippen LogP contribution < -0.4 is 5.32 Å². The van der Waals surface area contributed by atoms with Crippen LogP contribution in [0.1, 0.15) is 18.4 Å². The van der Waals surface area contributed by atoms with Gasteiger partial charge in [0.15, 0.2) is 0 Å². The van der Waals surface area contributed by atoms with Crippen LogP contribution in [0.4, 0.5) is 4.79 Å². The monoisotopic (exact) mass is 289 g/mol. The number of benzene rings is 1. The van der Waals surface area contributed by atoms with Crippen molar-refractivity contribution in [3.63, 3.8) is 0 Å². The summed E-state index contributed by atoms with van der Waals surface area (Å²) in [6.45, 7) is 2.68. The van der Waals surface area contributed by atoms with Gasteiger partial charge in [-0.05, 0) is 18.4 Å². The fourth-order valence-corrected chi connectivity index (χ4v) is 2.58. The molecule has 114 valence electrons. The first-order chi connectivity index (χ1) is 10.2. The normalized spacial score (nSPS) is 15.5. The van der Waals surface area contributed by atoms with Crippen molar-refractivity contribution >= 4 is 11.9 Å². The van der Waals surface area contributed by atoms with E-state index in [4.69, 9.17) is 0 Å². The van der Waals surface area contributed by atoms with Gasteiger partial charge in [0.25, 0.3) is 0 Å². The molecule has 1 heterocycles. The molecule has 1 aromatic carbocycles. The van der Waals surface area contributed by atoms with Gasteiger partial charge in [-0.3, -0.25) is 4.79 Å². The van der Waals surface area contributed by atoms with Crippen molar-refractivity contribution in [3.8, 4) is 0 Å². The van der Waals surface area contributed by atoms with E-state index in [1.165, 1.54) is 5.56 Å². The number of nitrogens with zero attached hydrogens (tertiary/aromatic N) is 2. The third-order valence-corrected chi connectivity index (χ3v) is 3.82. The number of amides is 3. The number of carbonyl (C=O) groups is 2. The van der Waals surface area contributed by atoms with Gasteiger partial charge in [-0.25, -0.2) is 4.79 Å². The minimum Gasteiger partial charge on any atom is -0.341 e. The Balaban J connectivity index is 1.81. The van der Waals surface area contributed by atoms with E-state index in [-0.39, 0.29) is 11.9 Å². The number of urea groups is 1. The summed E-state index contributed by atoms with van der Waals surface area (Å²) >= 11 is 0. The summed E-state index contributed by atoms with van der Waals surface area (Å²) < 4.78 is 0. The lowest BCUT2D eigenvalue weighted by Gasteiger charge is -2.22.